The standard InChI is InChI=1S/C43H74N4O9/c1-2-3-4-5-6-7-8-9-10-13-16-19-22-28(49)37(50)27(26-55-41-40(53)39(52)38(51)29(25-48)56-41)47-42(54)46(44-45-47)24-21-18-15-12-11-14-17-20-23-43-34-31-30-32(34)36(43)33(30)35(31)43/h27-41,48-53H,2-26H2,1H3/t27-,28+,29?,30?,31?,32?,33?,34?,35?,36?,37-,38?,39?,40?,41?,43?/m0/s1. The molecule has 6 N–H and O–H groups in total. The molecule has 8 atom stereocenters. The van der Waals surface area contributed by atoms with E-state index in [4.69, 9.17) is 9.47 Å². The third-order valence-corrected chi connectivity index (χ3v) is 15.8. The summed E-state index contributed by atoms with van der Waals surface area (Å²) in [6.07, 6.45) is 15.2. The fourth-order valence-corrected chi connectivity index (χ4v) is 12.9. The van der Waals surface area contributed by atoms with Crippen LogP contribution in [0.3, 0.4) is 0 Å². The molecule has 1 aromatic rings. The highest BCUT2D eigenvalue weighted by Gasteiger charge is 3.03. The fraction of sp³-hybridized carbons (Fsp3) is 0.977. The van der Waals surface area contributed by atoms with Crippen LogP contribution in [0.1, 0.15) is 154 Å². The second-order valence-corrected chi connectivity index (χ2v) is 18.8. The molecule has 13 nitrogen and oxygen atoms in total. The topological polar surface area (TPSA) is 193 Å². The third-order valence-electron chi connectivity index (χ3n) is 15.8. The van der Waals surface area contributed by atoms with Gasteiger partial charge in [-0.15, -0.1) is 0 Å². The number of hydrogen-bond acceptors (Lipinski definition) is 11. The number of hydrogen-bond donors (Lipinski definition) is 6. The molecule has 0 aromatic carbocycles. The molecule has 13 heteroatoms. The number of nitrogens with zero attached hydrogens (tertiary/aromatic N) is 4. The smallest absolute Gasteiger partial charge is 0.364 e. The zero-order valence-electron chi connectivity index (χ0n) is 34.0. The van der Waals surface area contributed by atoms with E-state index in [1.165, 1.54) is 136 Å². The molecule has 320 valence electrons. The molecule has 1 aliphatic heterocycles. The van der Waals surface area contributed by atoms with Crippen LogP contribution in [-0.2, 0) is 16.0 Å². The van der Waals surface area contributed by atoms with Crippen molar-refractivity contribution < 1.29 is 40.1 Å². The Morgan fingerprint density at radius 3 is 1.80 bits per heavy atom. The van der Waals surface area contributed by atoms with Crippen molar-refractivity contribution >= 4 is 0 Å². The predicted octanol–water partition coefficient (Wildman–Crippen LogP) is 4.49. The molecule has 2 heterocycles. The highest BCUT2D eigenvalue weighted by molar-refractivity contribution is 5.49. The number of ether oxygens (including phenoxy) is 2. The molecule has 0 spiro atoms. The number of aliphatic hydroxyl groups is 6. The van der Waals surface area contributed by atoms with E-state index in [9.17, 15) is 35.4 Å². The summed E-state index contributed by atoms with van der Waals surface area (Å²) in [6.45, 7) is 1.58. The Balaban J connectivity index is 0.813. The normalized spacial score (nSPS) is 37.1. The fourth-order valence-electron chi connectivity index (χ4n) is 12.9. The van der Waals surface area contributed by atoms with E-state index in [1.807, 2.05) is 0 Å². The molecular formula is C43H74N4O9. The van der Waals surface area contributed by atoms with Crippen LogP contribution >= 0.6 is 0 Å². The maximum Gasteiger partial charge on any atom is 0.364 e. The molecule has 8 rings (SSSR count). The Hall–Kier alpha value is -1.45. The van der Waals surface area contributed by atoms with Crippen LogP contribution in [0, 0.1) is 46.8 Å². The van der Waals surface area contributed by atoms with Gasteiger partial charge < -0.3 is 40.1 Å². The Morgan fingerprint density at radius 1 is 0.696 bits per heavy atom. The SMILES string of the molecule is CCCCCCCCCCCCCC[C@@H](O)[C@@H](O)[C@H](COC1OC(CO)C(O)C(O)C1O)n1nnn(CCCCCCCCCCC23C4C5C6C4C2C6C53)c1=O. The Kier molecular flexibility index (Phi) is 14.7. The molecule has 56 heavy (non-hydrogen) atoms. The lowest BCUT2D eigenvalue weighted by Crippen LogP contribution is -3.05. The van der Waals surface area contributed by atoms with Crippen LogP contribution in [0.25, 0.3) is 0 Å². The minimum Gasteiger partial charge on any atom is -0.394 e. The molecule has 5 unspecified atom stereocenters. The second-order valence-electron chi connectivity index (χ2n) is 18.8. The average Bonchev–Trinajstić information content (AvgIpc) is 3.57. The number of aromatic nitrogens is 4. The molecule has 0 bridgehead atoms. The van der Waals surface area contributed by atoms with Gasteiger partial charge in [-0.25, -0.2) is 4.79 Å². The summed E-state index contributed by atoms with van der Waals surface area (Å²) in [5.74, 6) is 8.28. The molecule has 0 amide bonds. The molecule has 6 aliphatic carbocycles. The van der Waals surface area contributed by atoms with Gasteiger partial charge in [0.15, 0.2) is 6.29 Å². The molecule has 0 radical (unpaired) electrons. The van der Waals surface area contributed by atoms with E-state index >= 15 is 0 Å². The lowest BCUT2D eigenvalue weighted by Gasteiger charge is -3.08. The third kappa shape index (κ3) is 7.95. The molecule has 6 saturated carbocycles. The monoisotopic (exact) mass is 791 g/mol. The van der Waals surface area contributed by atoms with Crippen molar-refractivity contribution in [2.45, 2.75) is 204 Å². The van der Waals surface area contributed by atoms with Crippen LogP contribution in [0.4, 0.5) is 0 Å². The maximum absolute atomic E-state index is 13.5. The summed E-state index contributed by atoms with van der Waals surface area (Å²) in [4.78, 5) is 13.5. The van der Waals surface area contributed by atoms with Gasteiger partial charge >= 0.3 is 5.69 Å². The van der Waals surface area contributed by atoms with Crippen molar-refractivity contribution in [2.75, 3.05) is 13.2 Å². The highest BCUT2D eigenvalue weighted by Crippen LogP contribution is 3.06. The van der Waals surface area contributed by atoms with Crippen molar-refractivity contribution in [3.8, 4) is 0 Å². The van der Waals surface area contributed by atoms with Crippen LogP contribution in [0.2, 0.25) is 0 Å². The lowest BCUT2D eigenvalue weighted by atomic mass is 8.96. The number of aryl methyl sites for hydroxylation is 1. The molecule has 1 aromatic heterocycles. The molecule has 1 saturated heterocycles. The van der Waals surface area contributed by atoms with E-state index in [-0.39, 0.29) is 0 Å². The van der Waals surface area contributed by atoms with Gasteiger partial charge in [0.25, 0.3) is 0 Å². The van der Waals surface area contributed by atoms with Crippen molar-refractivity contribution in [1.29, 1.82) is 0 Å². The minimum absolute atomic E-state index is 0.321. The van der Waals surface area contributed by atoms with Gasteiger partial charge in [-0.05, 0) is 76.5 Å². The summed E-state index contributed by atoms with van der Waals surface area (Å²) >= 11 is 0. The highest BCUT2D eigenvalue weighted by atomic mass is 16.7. The number of unbranched alkanes of at least 4 members (excludes halogenated alkanes) is 18. The number of rotatable bonds is 31. The van der Waals surface area contributed by atoms with Crippen molar-refractivity contribution in [3.05, 3.63) is 10.5 Å². The number of tetrazole rings is 1. The van der Waals surface area contributed by atoms with E-state index in [0.717, 1.165) is 48.6 Å². The maximum atomic E-state index is 13.5. The van der Waals surface area contributed by atoms with Gasteiger partial charge in [-0.3, -0.25) is 0 Å². The lowest BCUT2D eigenvalue weighted by molar-refractivity contribution is -0.616. The molecule has 7 aliphatic rings. The summed E-state index contributed by atoms with van der Waals surface area (Å²) in [5, 5.41) is 71.1. The van der Waals surface area contributed by atoms with Crippen LogP contribution in [-0.4, -0.2) is 107 Å². The summed E-state index contributed by atoms with van der Waals surface area (Å²) < 4.78 is 13.5. The minimum atomic E-state index is -1.65. The van der Waals surface area contributed by atoms with Gasteiger partial charge in [0.05, 0.1) is 19.3 Å². The summed E-state index contributed by atoms with van der Waals surface area (Å²) in [7, 11) is 0. The Labute approximate surface area is 333 Å². The first-order valence-corrected chi connectivity index (χ1v) is 23.1. The van der Waals surface area contributed by atoms with Crippen LogP contribution < -0.4 is 5.69 Å². The Bertz CT molecular complexity index is 1370. The van der Waals surface area contributed by atoms with Gasteiger partial charge in [0.2, 0.25) is 0 Å². The molecular weight excluding hydrogens is 716 g/mol. The largest absolute Gasteiger partial charge is 0.394 e. The quantitative estimate of drug-likeness (QED) is 0.0581. The Morgan fingerprint density at radius 2 is 1.23 bits per heavy atom. The predicted molar refractivity (Wildman–Crippen MR) is 209 cm³/mol. The van der Waals surface area contributed by atoms with Crippen LogP contribution in [0.15, 0.2) is 4.79 Å². The first-order valence-electron chi connectivity index (χ1n) is 23.1. The van der Waals surface area contributed by atoms with Gasteiger partial charge in [0.1, 0.15) is 36.6 Å². The van der Waals surface area contributed by atoms with Gasteiger partial charge in [-0.2, -0.15) is 9.36 Å². The zero-order valence-corrected chi connectivity index (χ0v) is 34.0. The van der Waals surface area contributed by atoms with Crippen molar-refractivity contribution in [1.82, 2.24) is 19.8 Å². The summed E-state index contributed by atoms with van der Waals surface area (Å²) in [5.41, 5.74) is 0.315. The second kappa shape index (κ2) is 19.3. The van der Waals surface area contributed by atoms with Crippen LogP contribution in [0.5, 0.6) is 0 Å². The van der Waals surface area contributed by atoms with Crippen molar-refractivity contribution in [3.63, 3.8) is 0 Å². The molecule has 7 fully saturated rings. The van der Waals surface area contributed by atoms with E-state index in [0.29, 0.717) is 19.4 Å². The first-order chi connectivity index (χ1) is 27.3. The number of aliphatic hydroxyl groups excluding tert-OH is 6. The van der Waals surface area contributed by atoms with E-state index in [2.05, 4.69) is 17.4 Å². The van der Waals surface area contributed by atoms with Gasteiger partial charge in [-0.1, -0.05) is 129 Å². The first kappa shape index (κ1) is 42.7. The van der Waals surface area contributed by atoms with Gasteiger partial charge in [0, 0.05) is 6.54 Å². The zero-order chi connectivity index (χ0) is 39.4. The van der Waals surface area contributed by atoms with E-state index < -0.39 is 67.9 Å². The van der Waals surface area contributed by atoms with Crippen molar-refractivity contribution in [2.24, 2.45) is 46.8 Å². The average molecular weight is 791 g/mol. The summed E-state index contributed by atoms with van der Waals surface area (Å²) in [6, 6.07) is -1.17. The van der Waals surface area contributed by atoms with E-state index in [1.54, 1.807) is 0 Å².